The van der Waals surface area contributed by atoms with Crippen LogP contribution in [0.5, 0.6) is 5.75 Å². The van der Waals surface area contributed by atoms with Crippen LogP contribution in [-0.2, 0) is 16.1 Å². The van der Waals surface area contributed by atoms with Crippen molar-refractivity contribution in [2.75, 3.05) is 44.2 Å². The number of piperazine rings is 1. The highest BCUT2D eigenvalue weighted by molar-refractivity contribution is 6.00. The fourth-order valence-electron chi connectivity index (χ4n) is 4.37. The molecule has 30 heavy (non-hydrogen) atoms. The Balaban J connectivity index is 1.30. The Morgan fingerprint density at radius 3 is 2.43 bits per heavy atom. The largest absolute Gasteiger partial charge is 0.494 e. The van der Waals surface area contributed by atoms with E-state index in [1.807, 2.05) is 42.2 Å². The lowest BCUT2D eigenvalue weighted by molar-refractivity contribution is -0.917. The number of carbonyl (C=O) groups excluding carboxylic acids is 2. The highest BCUT2D eigenvalue weighted by Gasteiger charge is 2.38. The predicted octanol–water partition coefficient (Wildman–Crippen LogP) is 1.37. The molecule has 2 aromatic rings. The second kappa shape index (κ2) is 9.30. The first-order valence-electron chi connectivity index (χ1n) is 10.8. The zero-order valence-electron chi connectivity index (χ0n) is 17.5. The van der Waals surface area contributed by atoms with Gasteiger partial charge in [-0.15, -0.1) is 0 Å². The van der Waals surface area contributed by atoms with Crippen LogP contribution in [-0.4, -0.2) is 56.0 Å². The summed E-state index contributed by atoms with van der Waals surface area (Å²) in [7, 11) is 0. The van der Waals surface area contributed by atoms with E-state index >= 15 is 0 Å². The Kier molecular flexibility index (Phi) is 6.33. The molecule has 6 heteroatoms. The summed E-state index contributed by atoms with van der Waals surface area (Å²) in [5.74, 6) is 0.678. The molecule has 1 N–H and O–H groups in total. The first-order chi connectivity index (χ1) is 14.6. The lowest BCUT2D eigenvalue weighted by Crippen LogP contribution is -3.13. The first-order valence-corrected chi connectivity index (χ1v) is 10.8. The second-order valence-corrected chi connectivity index (χ2v) is 8.07. The van der Waals surface area contributed by atoms with Gasteiger partial charge in [0, 0.05) is 24.2 Å². The summed E-state index contributed by atoms with van der Waals surface area (Å²) in [5, 5.41) is 0. The van der Waals surface area contributed by atoms with Crippen LogP contribution in [0.4, 0.5) is 5.69 Å². The van der Waals surface area contributed by atoms with Crippen LogP contribution >= 0.6 is 0 Å². The van der Waals surface area contributed by atoms with Crippen LogP contribution in [0.2, 0.25) is 0 Å². The molecule has 2 saturated heterocycles. The number of carbonyl (C=O) groups is 2. The summed E-state index contributed by atoms with van der Waals surface area (Å²) < 4.78 is 5.47. The third-order valence-electron chi connectivity index (χ3n) is 6.01. The molecular formula is C24H30N3O3+. The number of rotatable bonds is 6. The Morgan fingerprint density at radius 1 is 1.07 bits per heavy atom. The normalized spacial score (nSPS) is 19.9. The Bertz CT molecular complexity index is 861. The van der Waals surface area contributed by atoms with Gasteiger partial charge in [0.25, 0.3) is 0 Å². The van der Waals surface area contributed by atoms with E-state index < -0.39 is 0 Å². The van der Waals surface area contributed by atoms with Crippen molar-refractivity contribution >= 4 is 17.5 Å². The Morgan fingerprint density at radius 2 is 1.77 bits per heavy atom. The van der Waals surface area contributed by atoms with Crippen molar-refractivity contribution in [2.24, 2.45) is 5.92 Å². The number of hydrogen-bond donors (Lipinski definition) is 1. The minimum absolute atomic E-state index is 0.0193. The molecule has 0 saturated carbocycles. The predicted molar refractivity (Wildman–Crippen MR) is 115 cm³/mol. The minimum Gasteiger partial charge on any atom is -0.494 e. The number of ether oxygens (including phenoxy) is 1. The van der Waals surface area contributed by atoms with Gasteiger partial charge < -0.3 is 19.4 Å². The standard InChI is InChI=1S/C24H29N3O3/c1-2-30-22-10-8-21(9-11-22)27-18-20(16-23(27)28)24(29)26-14-12-25(13-15-26)17-19-6-4-3-5-7-19/h3-11,20H,2,12-18H2,1H3/p+1/t20-/m1/s1. The molecule has 0 radical (unpaired) electrons. The quantitative estimate of drug-likeness (QED) is 0.786. The van der Waals surface area contributed by atoms with Gasteiger partial charge in [-0.1, -0.05) is 30.3 Å². The van der Waals surface area contributed by atoms with Gasteiger partial charge in [0.15, 0.2) is 0 Å². The molecule has 2 aromatic carbocycles. The lowest BCUT2D eigenvalue weighted by Gasteiger charge is -2.33. The van der Waals surface area contributed by atoms with Crippen molar-refractivity contribution in [1.29, 1.82) is 0 Å². The van der Waals surface area contributed by atoms with Crippen LogP contribution in [0.25, 0.3) is 0 Å². The van der Waals surface area contributed by atoms with E-state index in [0.717, 1.165) is 44.2 Å². The van der Waals surface area contributed by atoms with Crippen molar-refractivity contribution in [1.82, 2.24) is 4.90 Å². The SMILES string of the molecule is CCOc1ccc(N2C[C@H](C(=O)N3CC[NH+](Cc4ccccc4)CC3)CC2=O)cc1. The number of amides is 2. The summed E-state index contributed by atoms with van der Waals surface area (Å²) in [6, 6.07) is 18.0. The zero-order valence-corrected chi connectivity index (χ0v) is 17.5. The number of quaternary nitrogens is 1. The van der Waals surface area contributed by atoms with Crippen molar-refractivity contribution in [2.45, 2.75) is 19.9 Å². The smallest absolute Gasteiger partial charge is 0.228 e. The van der Waals surface area contributed by atoms with Crippen molar-refractivity contribution in [3.8, 4) is 5.75 Å². The highest BCUT2D eigenvalue weighted by atomic mass is 16.5. The number of nitrogens with one attached hydrogen (secondary N) is 1. The average molecular weight is 409 g/mol. The van der Waals surface area contributed by atoms with E-state index in [9.17, 15) is 9.59 Å². The fourth-order valence-corrected chi connectivity index (χ4v) is 4.37. The van der Waals surface area contributed by atoms with Gasteiger partial charge in [0.2, 0.25) is 11.8 Å². The molecule has 4 rings (SSSR count). The summed E-state index contributed by atoms with van der Waals surface area (Å²) >= 11 is 0. The van der Waals surface area contributed by atoms with E-state index in [4.69, 9.17) is 4.74 Å². The zero-order chi connectivity index (χ0) is 20.9. The van der Waals surface area contributed by atoms with E-state index in [0.29, 0.717) is 19.6 Å². The maximum Gasteiger partial charge on any atom is 0.228 e. The molecule has 158 valence electrons. The highest BCUT2D eigenvalue weighted by Crippen LogP contribution is 2.28. The number of nitrogens with zero attached hydrogens (tertiary/aromatic N) is 2. The third kappa shape index (κ3) is 4.65. The van der Waals surface area contributed by atoms with Crippen LogP contribution < -0.4 is 14.5 Å². The van der Waals surface area contributed by atoms with Crippen LogP contribution in [0.3, 0.4) is 0 Å². The van der Waals surface area contributed by atoms with Gasteiger partial charge in [0.1, 0.15) is 12.3 Å². The maximum atomic E-state index is 13.0. The molecule has 0 spiro atoms. The first kappa shape index (κ1) is 20.4. The molecule has 2 heterocycles. The van der Waals surface area contributed by atoms with Crippen LogP contribution in [0.1, 0.15) is 18.9 Å². The van der Waals surface area contributed by atoms with Gasteiger partial charge in [-0.05, 0) is 31.2 Å². The molecule has 0 unspecified atom stereocenters. The molecule has 2 aliphatic heterocycles. The number of anilines is 1. The van der Waals surface area contributed by atoms with E-state index in [2.05, 4.69) is 24.3 Å². The molecule has 2 fully saturated rings. The fraction of sp³-hybridized carbons (Fsp3) is 0.417. The summed E-state index contributed by atoms with van der Waals surface area (Å²) in [5.41, 5.74) is 2.16. The second-order valence-electron chi connectivity index (χ2n) is 8.07. The molecule has 2 aliphatic rings. The maximum absolute atomic E-state index is 13.0. The van der Waals surface area contributed by atoms with Gasteiger partial charge in [0.05, 0.1) is 38.7 Å². The number of hydrogen-bond acceptors (Lipinski definition) is 3. The van der Waals surface area contributed by atoms with Gasteiger partial charge in [-0.3, -0.25) is 9.59 Å². The van der Waals surface area contributed by atoms with E-state index in [-0.39, 0.29) is 17.7 Å². The molecule has 2 amide bonds. The summed E-state index contributed by atoms with van der Waals surface area (Å²) in [6.07, 6.45) is 0.295. The van der Waals surface area contributed by atoms with Crippen molar-refractivity contribution in [3.63, 3.8) is 0 Å². The van der Waals surface area contributed by atoms with Gasteiger partial charge in [-0.25, -0.2) is 0 Å². The van der Waals surface area contributed by atoms with Crippen molar-refractivity contribution < 1.29 is 19.2 Å². The molecular weight excluding hydrogens is 378 g/mol. The third-order valence-corrected chi connectivity index (χ3v) is 6.01. The van der Waals surface area contributed by atoms with Crippen LogP contribution in [0, 0.1) is 5.92 Å². The topological polar surface area (TPSA) is 54.3 Å². The van der Waals surface area contributed by atoms with Gasteiger partial charge in [-0.2, -0.15) is 0 Å². The Labute approximate surface area is 178 Å². The van der Waals surface area contributed by atoms with Crippen molar-refractivity contribution in [3.05, 3.63) is 60.2 Å². The molecule has 0 bridgehead atoms. The Hall–Kier alpha value is -2.86. The average Bonchev–Trinajstić information content (AvgIpc) is 3.17. The van der Waals surface area contributed by atoms with Crippen LogP contribution in [0.15, 0.2) is 54.6 Å². The van der Waals surface area contributed by atoms with Gasteiger partial charge >= 0.3 is 0 Å². The van der Waals surface area contributed by atoms with E-state index in [1.165, 1.54) is 10.5 Å². The van der Waals surface area contributed by atoms with E-state index in [1.54, 1.807) is 4.90 Å². The monoisotopic (exact) mass is 408 g/mol. The molecule has 6 nitrogen and oxygen atoms in total. The summed E-state index contributed by atoms with van der Waals surface area (Å²) in [4.78, 5) is 30.8. The minimum atomic E-state index is -0.250. The molecule has 0 aliphatic carbocycles. The lowest BCUT2D eigenvalue weighted by atomic mass is 10.1. The summed E-state index contributed by atoms with van der Waals surface area (Å²) in [6.45, 7) is 7.42. The molecule has 1 atom stereocenters. The molecule has 0 aromatic heterocycles. The number of benzene rings is 2.